The lowest BCUT2D eigenvalue weighted by atomic mass is 10.1. The van der Waals surface area contributed by atoms with Crippen molar-refractivity contribution in [2.75, 3.05) is 24.6 Å². The monoisotopic (exact) mass is 187 g/mol. The van der Waals surface area contributed by atoms with E-state index in [4.69, 9.17) is 0 Å². The molecule has 0 unspecified atom stereocenters. The van der Waals surface area contributed by atoms with Crippen molar-refractivity contribution in [3.05, 3.63) is 0 Å². The van der Waals surface area contributed by atoms with Gasteiger partial charge in [0.15, 0.2) is 0 Å². The molecule has 1 saturated heterocycles. The van der Waals surface area contributed by atoms with Crippen LogP contribution < -0.4 is 5.32 Å². The van der Waals surface area contributed by atoms with E-state index in [9.17, 15) is 0 Å². The maximum Gasteiger partial charge on any atom is -0.0000326 e. The van der Waals surface area contributed by atoms with Crippen LogP contribution in [0.4, 0.5) is 0 Å². The molecule has 0 spiro atoms. The van der Waals surface area contributed by atoms with Crippen molar-refractivity contribution in [2.24, 2.45) is 11.8 Å². The van der Waals surface area contributed by atoms with Gasteiger partial charge in [0.2, 0.25) is 0 Å². The standard InChI is InChI=1S/C10H21NS/c1-3-9(4-2)7-12-8-10-5-11-6-10/h9-11H,3-8H2,1-2H3. The minimum absolute atomic E-state index is 0.961. The molecule has 1 fully saturated rings. The van der Waals surface area contributed by atoms with Gasteiger partial charge in [0, 0.05) is 0 Å². The van der Waals surface area contributed by atoms with Gasteiger partial charge in [0.1, 0.15) is 0 Å². The Hall–Kier alpha value is 0.310. The van der Waals surface area contributed by atoms with Crippen molar-refractivity contribution >= 4 is 11.8 Å². The molecule has 0 aromatic rings. The highest BCUT2D eigenvalue weighted by Gasteiger charge is 2.16. The van der Waals surface area contributed by atoms with Crippen molar-refractivity contribution in [2.45, 2.75) is 26.7 Å². The molecule has 0 aliphatic carbocycles. The Kier molecular flexibility index (Phi) is 5.08. The van der Waals surface area contributed by atoms with Crippen molar-refractivity contribution in [1.82, 2.24) is 5.32 Å². The molecule has 12 heavy (non-hydrogen) atoms. The summed E-state index contributed by atoms with van der Waals surface area (Å²) >= 11 is 2.15. The zero-order valence-electron chi connectivity index (χ0n) is 8.31. The fourth-order valence-electron chi connectivity index (χ4n) is 1.39. The third kappa shape index (κ3) is 3.36. The molecule has 1 heterocycles. The SMILES string of the molecule is CCC(CC)CSCC1CNC1. The molecular formula is C10H21NS. The van der Waals surface area contributed by atoms with Crippen molar-refractivity contribution in [3.8, 4) is 0 Å². The molecule has 0 amide bonds. The summed E-state index contributed by atoms with van der Waals surface area (Å²) < 4.78 is 0. The Morgan fingerprint density at radius 3 is 2.42 bits per heavy atom. The first-order chi connectivity index (χ1) is 5.86. The molecule has 0 bridgehead atoms. The lowest BCUT2D eigenvalue weighted by Crippen LogP contribution is -2.43. The highest BCUT2D eigenvalue weighted by molar-refractivity contribution is 7.99. The fraction of sp³-hybridized carbons (Fsp3) is 1.00. The number of nitrogens with one attached hydrogen (secondary N) is 1. The van der Waals surface area contributed by atoms with Gasteiger partial charge in [-0.2, -0.15) is 11.8 Å². The summed E-state index contributed by atoms with van der Waals surface area (Å²) in [6, 6.07) is 0. The Morgan fingerprint density at radius 2 is 2.00 bits per heavy atom. The molecule has 0 aromatic heterocycles. The van der Waals surface area contributed by atoms with Crippen molar-refractivity contribution in [1.29, 1.82) is 0 Å². The Bertz CT molecular complexity index is 108. The second-order valence-electron chi connectivity index (χ2n) is 3.74. The lowest BCUT2D eigenvalue weighted by molar-refractivity contribution is 0.385. The summed E-state index contributed by atoms with van der Waals surface area (Å²) in [5, 5.41) is 3.31. The molecule has 1 rings (SSSR count). The van der Waals surface area contributed by atoms with E-state index in [1.165, 1.54) is 37.4 Å². The topological polar surface area (TPSA) is 12.0 Å². The third-order valence-electron chi connectivity index (χ3n) is 2.73. The third-order valence-corrected chi connectivity index (χ3v) is 4.14. The van der Waals surface area contributed by atoms with Crippen LogP contribution >= 0.6 is 11.8 Å². The second kappa shape index (κ2) is 5.87. The van der Waals surface area contributed by atoms with Crippen LogP contribution in [0.5, 0.6) is 0 Å². The summed E-state index contributed by atoms with van der Waals surface area (Å²) in [6.07, 6.45) is 2.71. The van der Waals surface area contributed by atoms with Crippen LogP contribution in [0.25, 0.3) is 0 Å². The van der Waals surface area contributed by atoms with E-state index in [-0.39, 0.29) is 0 Å². The summed E-state index contributed by atoms with van der Waals surface area (Å²) in [6.45, 7) is 7.13. The van der Waals surface area contributed by atoms with Crippen LogP contribution in [0, 0.1) is 11.8 Å². The predicted octanol–water partition coefficient (Wildman–Crippen LogP) is 2.38. The average molecular weight is 187 g/mol. The summed E-state index contributed by atoms with van der Waals surface area (Å²) in [4.78, 5) is 0. The second-order valence-corrected chi connectivity index (χ2v) is 4.82. The van der Waals surface area contributed by atoms with Crippen molar-refractivity contribution in [3.63, 3.8) is 0 Å². The van der Waals surface area contributed by atoms with Crippen LogP contribution in [0.15, 0.2) is 0 Å². The number of thioether (sulfide) groups is 1. The fourth-order valence-corrected chi connectivity index (χ4v) is 2.90. The number of hydrogen-bond donors (Lipinski definition) is 1. The minimum Gasteiger partial charge on any atom is -0.316 e. The maximum absolute atomic E-state index is 3.31. The first kappa shape index (κ1) is 10.4. The van der Waals surface area contributed by atoms with Crippen LogP contribution in [0.1, 0.15) is 26.7 Å². The molecule has 0 radical (unpaired) electrons. The highest BCUT2D eigenvalue weighted by Crippen LogP contribution is 2.19. The van der Waals surface area contributed by atoms with Gasteiger partial charge in [-0.05, 0) is 36.4 Å². The molecule has 0 saturated carbocycles. The van der Waals surface area contributed by atoms with E-state index < -0.39 is 0 Å². The van der Waals surface area contributed by atoms with E-state index in [0.717, 1.165) is 11.8 Å². The first-order valence-electron chi connectivity index (χ1n) is 5.15. The zero-order chi connectivity index (χ0) is 8.81. The molecule has 2 heteroatoms. The Labute approximate surface area is 80.7 Å². The van der Waals surface area contributed by atoms with E-state index in [2.05, 4.69) is 30.9 Å². The number of hydrogen-bond acceptors (Lipinski definition) is 2. The van der Waals surface area contributed by atoms with Crippen molar-refractivity contribution < 1.29 is 0 Å². The van der Waals surface area contributed by atoms with Gasteiger partial charge < -0.3 is 5.32 Å². The molecule has 1 nitrogen and oxygen atoms in total. The lowest BCUT2D eigenvalue weighted by Gasteiger charge is -2.27. The van der Waals surface area contributed by atoms with Crippen LogP contribution in [-0.4, -0.2) is 24.6 Å². The van der Waals surface area contributed by atoms with Crippen LogP contribution in [0.2, 0.25) is 0 Å². The normalized spacial score (nSPS) is 18.2. The minimum atomic E-state index is 0.961. The Balaban J connectivity index is 1.92. The smallest absolute Gasteiger partial charge is 0.0000326 e. The maximum atomic E-state index is 3.31. The summed E-state index contributed by atoms with van der Waals surface area (Å²) in [5.41, 5.74) is 0. The molecule has 1 N–H and O–H groups in total. The van der Waals surface area contributed by atoms with Crippen LogP contribution in [-0.2, 0) is 0 Å². The van der Waals surface area contributed by atoms with Gasteiger partial charge >= 0.3 is 0 Å². The van der Waals surface area contributed by atoms with Gasteiger partial charge in [-0.15, -0.1) is 0 Å². The van der Waals surface area contributed by atoms with E-state index in [1.54, 1.807) is 0 Å². The molecule has 1 aliphatic heterocycles. The molecule has 1 aliphatic rings. The quantitative estimate of drug-likeness (QED) is 0.685. The van der Waals surface area contributed by atoms with E-state index >= 15 is 0 Å². The van der Waals surface area contributed by atoms with Gasteiger partial charge in [-0.1, -0.05) is 26.7 Å². The zero-order valence-corrected chi connectivity index (χ0v) is 9.12. The number of rotatable bonds is 6. The van der Waals surface area contributed by atoms with Gasteiger partial charge in [0.05, 0.1) is 0 Å². The molecular weight excluding hydrogens is 166 g/mol. The first-order valence-corrected chi connectivity index (χ1v) is 6.30. The highest BCUT2D eigenvalue weighted by atomic mass is 32.2. The predicted molar refractivity (Wildman–Crippen MR) is 57.8 cm³/mol. The van der Waals surface area contributed by atoms with Gasteiger partial charge in [-0.25, -0.2) is 0 Å². The van der Waals surface area contributed by atoms with Gasteiger partial charge in [-0.3, -0.25) is 0 Å². The molecule has 0 atom stereocenters. The Morgan fingerprint density at radius 1 is 1.33 bits per heavy atom. The van der Waals surface area contributed by atoms with E-state index in [0.29, 0.717) is 0 Å². The largest absolute Gasteiger partial charge is 0.316 e. The molecule has 0 aromatic carbocycles. The van der Waals surface area contributed by atoms with E-state index in [1.807, 2.05) is 0 Å². The summed E-state index contributed by atoms with van der Waals surface area (Å²) in [7, 11) is 0. The average Bonchev–Trinajstić information content (AvgIpc) is 2.02. The van der Waals surface area contributed by atoms with Crippen LogP contribution in [0.3, 0.4) is 0 Å². The summed E-state index contributed by atoms with van der Waals surface area (Å²) in [5.74, 6) is 4.69. The van der Waals surface area contributed by atoms with Gasteiger partial charge in [0.25, 0.3) is 0 Å². The molecule has 72 valence electrons.